The van der Waals surface area contributed by atoms with E-state index in [-0.39, 0.29) is 18.0 Å². The zero-order chi connectivity index (χ0) is 14.2. The van der Waals surface area contributed by atoms with Gasteiger partial charge in [-0.2, -0.15) is 0 Å². The van der Waals surface area contributed by atoms with Crippen LogP contribution in [0.15, 0.2) is 30.3 Å². The van der Waals surface area contributed by atoms with Gasteiger partial charge < -0.3 is 10.4 Å². The molecule has 2 unspecified atom stereocenters. The number of aliphatic carboxylic acids is 1. The Morgan fingerprint density at radius 3 is 2.45 bits per heavy atom. The molecular formula is C16H20FNO2. The van der Waals surface area contributed by atoms with E-state index in [0.717, 1.165) is 18.4 Å². The molecule has 2 aliphatic rings. The van der Waals surface area contributed by atoms with E-state index in [1.807, 2.05) is 30.3 Å². The van der Waals surface area contributed by atoms with E-state index in [0.29, 0.717) is 19.3 Å². The molecule has 2 atom stereocenters. The van der Waals surface area contributed by atoms with Crippen molar-refractivity contribution in [1.29, 1.82) is 0 Å². The second kappa shape index (κ2) is 5.17. The van der Waals surface area contributed by atoms with Crippen LogP contribution in [0.25, 0.3) is 0 Å². The van der Waals surface area contributed by atoms with Crippen LogP contribution in [0.3, 0.4) is 0 Å². The first-order chi connectivity index (χ1) is 9.59. The third kappa shape index (κ3) is 2.57. The second-order valence-corrected chi connectivity index (χ2v) is 6.04. The van der Waals surface area contributed by atoms with Gasteiger partial charge in [0.15, 0.2) is 5.67 Å². The first-order valence-electron chi connectivity index (χ1n) is 7.33. The lowest BCUT2D eigenvalue weighted by molar-refractivity contribution is -0.142. The molecule has 2 N–H and O–H groups in total. The number of hydrogen-bond donors (Lipinski definition) is 2. The van der Waals surface area contributed by atoms with Gasteiger partial charge in [0.2, 0.25) is 0 Å². The van der Waals surface area contributed by atoms with Crippen LogP contribution in [0.2, 0.25) is 0 Å². The monoisotopic (exact) mass is 277 g/mol. The number of carbonyl (C=O) groups is 1. The highest BCUT2D eigenvalue weighted by Crippen LogP contribution is 2.50. The highest BCUT2D eigenvalue weighted by atomic mass is 19.1. The van der Waals surface area contributed by atoms with Crippen molar-refractivity contribution in [3.63, 3.8) is 0 Å². The van der Waals surface area contributed by atoms with Gasteiger partial charge in [0.25, 0.3) is 0 Å². The Bertz CT molecular complexity index is 485. The Hall–Kier alpha value is -1.42. The molecule has 2 fully saturated rings. The van der Waals surface area contributed by atoms with Crippen LogP contribution in [0, 0.1) is 5.92 Å². The Balaban J connectivity index is 1.53. The van der Waals surface area contributed by atoms with E-state index in [1.54, 1.807) is 0 Å². The summed E-state index contributed by atoms with van der Waals surface area (Å²) in [6.45, 7) is 0. The fraction of sp³-hybridized carbons (Fsp3) is 0.562. The van der Waals surface area contributed by atoms with Crippen molar-refractivity contribution in [3.05, 3.63) is 35.9 Å². The van der Waals surface area contributed by atoms with Gasteiger partial charge in [0.1, 0.15) is 0 Å². The number of rotatable bonds is 4. The third-order valence-electron chi connectivity index (χ3n) is 4.66. The highest BCUT2D eigenvalue weighted by Gasteiger charge is 2.57. The number of carboxylic acid groups (broad SMARTS) is 1. The second-order valence-electron chi connectivity index (χ2n) is 6.04. The molecule has 0 aromatic heterocycles. The fourth-order valence-corrected chi connectivity index (χ4v) is 3.25. The van der Waals surface area contributed by atoms with Crippen LogP contribution < -0.4 is 5.32 Å². The largest absolute Gasteiger partial charge is 0.481 e. The first-order valence-corrected chi connectivity index (χ1v) is 7.33. The van der Waals surface area contributed by atoms with Gasteiger partial charge in [-0.05, 0) is 31.2 Å². The van der Waals surface area contributed by atoms with E-state index < -0.39 is 11.6 Å². The van der Waals surface area contributed by atoms with Gasteiger partial charge in [-0.25, -0.2) is 4.39 Å². The molecule has 0 bridgehead atoms. The minimum atomic E-state index is -1.23. The maximum absolute atomic E-state index is 14.7. The van der Waals surface area contributed by atoms with Gasteiger partial charge in [0, 0.05) is 18.5 Å². The van der Waals surface area contributed by atoms with E-state index in [9.17, 15) is 9.18 Å². The quantitative estimate of drug-likeness (QED) is 0.889. The molecule has 20 heavy (non-hydrogen) atoms. The van der Waals surface area contributed by atoms with E-state index in [2.05, 4.69) is 5.32 Å². The summed E-state index contributed by atoms with van der Waals surface area (Å²) in [6, 6.07) is 9.44. The molecule has 1 aromatic rings. The van der Waals surface area contributed by atoms with Crippen LogP contribution in [0.4, 0.5) is 4.39 Å². The van der Waals surface area contributed by atoms with Gasteiger partial charge in [-0.3, -0.25) is 4.79 Å². The van der Waals surface area contributed by atoms with Crippen LogP contribution in [-0.4, -0.2) is 23.2 Å². The summed E-state index contributed by atoms with van der Waals surface area (Å²) in [5, 5.41) is 12.3. The van der Waals surface area contributed by atoms with Crippen molar-refractivity contribution in [2.45, 2.75) is 49.9 Å². The average molecular weight is 277 g/mol. The molecule has 0 spiro atoms. The number of hydrogen-bond acceptors (Lipinski definition) is 2. The normalized spacial score (nSPS) is 36.5. The summed E-state index contributed by atoms with van der Waals surface area (Å²) in [5.74, 6) is -0.907. The molecular weight excluding hydrogens is 257 g/mol. The van der Waals surface area contributed by atoms with Crippen LogP contribution in [0.5, 0.6) is 0 Å². The lowest BCUT2D eigenvalue weighted by Crippen LogP contribution is -2.38. The lowest BCUT2D eigenvalue weighted by Gasteiger charge is -2.27. The molecule has 0 heterocycles. The predicted octanol–water partition coefficient (Wildman–Crippen LogP) is 2.86. The van der Waals surface area contributed by atoms with Gasteiger partial charge >= 0.3 is 5.97 Å². The zero-order valence-electron chi connectivity index (χ0n) is 11.4. The molecule has 3 nitrogen and oxygen atoms in total. The topological polar surface area (TPSA) is 49.3 Å². The molecule has 3 rings (SSSR count). The van der Waals surface area contributed by atoms with Crippen molar-refractivity contribution >= 4 is 5.97 Å². The third-order valence-corrected chi connectivity index (χ3v) is 4.66. The zero-order valence-corrected chi connectivity index (χ0v) is 11.4. The maximum atomic E-state index is 14.7. The first kappa shape index (κ1) is 13.6. The van der Waals surface area contributed by atoms with Crippen molar-refractivity contribution in [3.8, 4) is 0 Å². The maximum Gasteiger partial charge on any atom is 0.306 e. The number of halogens is 1. The Labute approximate surface area is 118 Å². The van der Waals surface area contributed by atoms with Crippen LogP contribution in [0.1, 0.15) is 37.7 Å². The summed E-state index contributed by atoms with van der Waals surface area (Å²) in [5.41, 5.74) is -0.484. The van der Waals surface area contributed by atoms with Crippen molar-refractivity contribution < 1.29 is 14.3 Å². The molecule has 0 aliphatic heterocycles. The van der Waals surface area contributed by atoms with Crippen molar-refractivity contribution in [1.82, 2.24) is 5.32 Å². The molecule has 0 amide bonds. The Morgan fingerprint density at radius 2 is 1.85 bits per heavy atom. The molecule has 0 radical (unpaired) electrons. The fourth-order valence-electron chi connectivity index (χ4n) is 3.25. The summed E-state index contributed by atoms with van der Waals surface area (Å²) in [4.78, 5) is 10.9. The van der Waals surface area contributed by atoms with Crippen LogP contribution >= 0.6 is 0 Å². The Morgan fingerprint density at radius 1 is 1.20 bits per heavy atom. The SMILES string of the molecule is O=C(O)C1CCC(NC2CC2(F)c2ccccc2)CC1. The van der Waals surface area contributed by atoms with Gasteiger partial charge in [-0.15, -0.1) is 0 Å². The summed E-state index contributed by atoms with van der Waals surface area (Å²) in [6.07, 6.45) is 3.58. The van der Waals surface area contributed by atoms with E-state index >= 15 is 0 Å². The minimum absolute atomic E-state index is 0.115. The van der Waals surface area contributed by atoms with E-state index in [1.165, 1.54) is 0 Å². The number of alkyl halides is 1. The number of benzene rings is 1. The molecule has 108 valence electrons. The van der Waals surface area contributed by atoms with E-state index in [4.69, 9.17) is 5.11 Å². The smallest absolute Gasteiger partial charge is 0.306 e. The minimum Gasteiger partial charge on any atom is -0.481 e. The molecule has 1 aromatic carbocycles. The van der Waals surface area contributed by atoms with Gasteiger partial charge in [-0.1, -0.05) is 30.3 Å². The molecule has 2 aliphatic carbocycles. The predicted molar refractivity (Wildman–Crippen MR) is 74.2 cm³/mol. The molecule has 0 saturated heterocycles. The summed E-state index contributed by atoms with van der Waals surface area (Å²) >= 11 is 0. The van der Waals surface area contributed by atoms with Crippen LogP contribution in [-0.2, 0) is 10.5 Å². The summed E-state index contributed by atoms with van der Waals surface area (Å²) in [7, 11) is 0. The van der Waals surface area contributed by atoms with Gasteiger partial charge in [0.05, 0.1) is 5.92 Å². The number of carboxylic acids is 1. The Kier molecular flexibility index (Phi) is 3.50. The van der Waals surface area contributed by atoms with Crippen molar-refractivity contribution in [2.24, 2.45) is 5.92 Å². The lowest BCUT2D eigenvalue weighted by atomic mass is 9.86. The molecule has 4 heteroatoms. The summed E-state index contributed by atoms with van der Waals surface area (Å²) < 4.78 is 14.7. The molecule has 2 saturated carbocycles. The average Bonchev–Trinajstić information content (AvgIpc) is 3.12. The highest BCUT2D eigenvalue weighted by molar-refractivity contribution is 5.70. The standard InChI is InChI=1S/C16H20FNO2/c17-16(12-4-2-1-3-5-12)10-14(16)18-13-8-6-11(7-9-13)15(19)20/h1-5,11,13-14,18H,6-10H2,(H,19,20). The van der Waals surface area contributed by atoms with Crippen molar-refractivity contribution in [2.75, 3.05) is 0 Å². The number of nitrogens with one attached hydrogen (secondary N) is 1.